The van der Waals surface area contributed by atoms with Gasteiger partial charge in [0.1, 0.15) is 28.6 Å². The second kappa shape index (κ2) is 9.75. The fourth-order valence-corrected chi connectivity index (χ4v) is 5.45. The summed E-state index contributed by atoms with van der Waals surface area (Å²) in [7, 11) is 6.10. The van der Waals surface area contributed by atoms with Gasteiger partial charge in [-0.25, -0.2) is 0 Å². The molecular weight excluding hydrogens is 416 g/mol. The van der Waals surface area contributed by atoms with Crippen LogP contribution < -0.4 is 18.9 Å². The number of methoxy groups -OCH3 is 3. The molecule has 2 unspecified atom stereocenters. The standard InChI is InChI=1S/C27H28O4.CH4O/c1-28-21-11-9-20(10-12-21)27-14-13-19(15-23(27)18-7-5-4-6-8-18)26-24(30-3)16-22(29-2)17-25(26)31-27;1-2/h4-12,16-17,19,23H,13-15H2,1-3H3;2H,1H3/t19-,23?,27?;/m0./s1. The van der Waals surface area contributed by atoms with Crippen molar-refractivity contribution in [1.82, 2.24) is 0 Å². The van der Waals surface area contributed by atoms with Crippen molar-refractivity contribution in [3.05, 3.63) is 83.4 Å². The second-order valence-corrected chi connectivity index (χ2v) is 8.40. The van der Waals surface area contributed by atoms with Crippen molar-refractivity contribution in [2.24, 2.45) is 0 Å². The number of benzene rings is 3. The van der Waals surface area contributed by atoms with Crippen LogP contribution in [0.2, 0.25) is 0 Å². The summed E-state index contributed by atoms with van der Waals surface area (Å²) in [6.07, 6.45) is 2.99. The van der Waals surface area contributed by atoms with Crippen LogP contribution in [0.4, 0.5) is 0 Å². The minimum Gasteiger partial charge on any atom is -0.497 e. The molecule has 1 fully saturated rings. The molecule has 0 radical (unpaired) electrons. The van der Waals surface area contributed by atoms with E-state index in [9.17, 15) is 0 Å². The van der Waals surface area contributed by atoms with E-state index < -0.39 is 5.60 Å². The third-order valence-electron chi connectivity index (χ3n) is 6.96. The normalized spacial score (nSPS) is 22.7. The Bertz CT molecular complexity index is 1060. The Morgan fingerprint density at radius 1 is 0.848 bits per heavy atom. The molecule has 1 N–H and O–H groups in total. The molecule has 1 saturated carbocycles. The molecule has 174 valence electrons. The molecule has 2 aliphatic heterocycles. The number of ether oxygens (including phenoxy) is 4. The Hall–Kier alpha value is -3.18. The van der Waals surface area contributed by atoms with Gasteiger partial charge < -0.3 is 24.1 Å². The summed E-state index contributed by atoms with van der Waals surface area (Å²) in [6.45, 7) is 0. The molecule has 1 aliphatic carbocycles. The molecular formula is C28H32O5. The van der Waals surface area contributed by atoms with Crippen LogP contribution in [0.5, 0.6) is 23.0 Å². The van der Waals surface area contributed by atoms with Crippen molar-refractivity contribution >= 4 is 0 Å². The van der Waals surface area contributed by atoms with Gasteiger partial charge in [0, 0.05) is 30.7 Å². The summed E-state index contributed by atoms with van der Waals surface area (Å²) in [5, 5.41) is 7.00. The highest BCUT2D eigenvalue weighted by Gasteiger charge is 2.51. The maximum atomic E-state index is 7.05. The molecule has 2 heterocycles. The minimum absolute atomic E-state index is 0.226. The van der Waals surface area contributed by atoms with E-state index in [0.717, 1.165) is 54.9 Å². The molecule has 2 bridgehead atoms. The first-order valence-corrected chi connectivity index (χ1v) is 11.3. The molecule has 3 aliphatic rings. The summed E-state index contributed by atoms with van der Waals surface area (Å²) in [4.78, 5) is 0. The van der Waals surface area contributed by atoms with Gasteiger partial charge in [-0.1, -0.05) is 42.5 Å². The average Bonchev–Trinajstić information content (AvgIpc) is 3.15. The molecule has 5 heteroatoms. The summed E-state index contributed by atoms with van der Waals surface area (Å²) in [5.74, 6) is 3.91. The highest BCUT2D eigenvalue weighted by atomic mass is 16.5. The van der Waals surface area contributed by atoms with Gasteiger partial charge in [-0.05, 0) is 48.4 Å². The molecule has 5 nitrogen and oxygen atoms in total. The fraction of sp³-hybridized carbons (Fsp3) is 0.357. The van der Waals surface area contributed by atoms with Crippen LogP contribution >= 0.6 is 0 Å². The number of hydrogen-bond acceptors (Lipinski definition) is 5. The van der Waals surface area contributed by atoms with Gasteiger partial charge in [-0.15, -0.1) is 0 Å². The maximum absolute atomic E-state index is 7.05. The largest absolute Gasteiger partial charge is 0.497 e. The van der Waals surface area contributed by atoms with E-state index in [1.54, 1.807) is 21.3 Å². The summed E-state index contributed by atoms with van der Waals surface area (Å²) in [6, 6.07) is 23.1. The van der Waals surface area contributed by atoms with Crippen LogP contribution in [0.25, 0.3) is 0 Å². The Morgan fingerprint density at radius 3 is 2.18 bits per heavy atom. The molecule has 6 rings (SSSR count). The maximum Gasteiger partial charge on any atom is 0.141 e. The van der Waals surface area contributed by atoms with Crippen LogP contribution in [0.3, 0.4) is 0 Å². The third kappa shape index (κ3) is 4.02. The van der Waals surface area contributed by atoms with Crippen LogP contribution in [-0.4, -0.2) is 33.5 Å². The Labute approximate surface area is 195 Å². The minimum atomic E-state index is -0.466. The highest BCUT2D eigenvalue weighted by molar-refractivity contribution is 5.55. The van der Waals surface area contributed by atoms with Crippen LogP contribution in [-0.2, 0) is 5.60 Å². The zero-order valence-electron chi connectivity index (χ0n) is 19.7. The van der Waals surface area contributed by atoms with Gasteiger partial charge >= 0.3 is 0 Å². The summed E-state index contributed by atoms with van der Waals surface area (Å²) < 4.78 is 23.8. The Morgan fingerprint density at radius 2 is 1.55 bits per heavy atom. The third-order valence-corrected chi connectivity index (χ3v) is 6.96. The van der Waals surface area contributed by atoms with E-state index in [1.165, 1.54) is 11.1 Å². The van der Waals surface area contributed by atoms with E-state index in [-0.39, 0.29) is 5.92 Å². The lowest BCUT2D eigenvalue weighted by Crippen LogP contribution is -2.41. The number of hydrogen-bond donors (Lipinski definition) is 1. The molecule has 0 spiro atoms. The quantitative estimate of drug-likeness (QED) is 0.546. The van der Waals surface area contributed by atoms with Gasteiger partial charge in [0.25, 0.3) is 0 Å². The van der Waals surface area contributed by atoms with Crippen molar-refractivity contribution in [2.75, 3.05) is 28.4 Å². The van der Waals surface area contributed by atoms with Gasteiger partial charge in [0.2, 0.25) is 0 Å². The molecule has 3 atom stereocenters. The lowest BCUT2D eigenvalue weighted by atomic mass is 9.65. The van der Waals surface area contributed by atoms with E-state index in [4.69, 9.17) is 24.1 Å². The molecule has 33 heavy (non-hydrogen) atoms. The van der Waals surface area contributed by atoms with Crippen LogP contribution in [0.1, 0.15) is 47.8 Å². The summed E-state index contributed by atoms with van der Waals surface area (Å²) >= 11 is 0. The number of fused-ring (bicyclic) bond motifs is 2. The predicted molar refractivity (Wildman–Crippen MR) is 129 cm³/mol. The lowest BCUT2D eigenvalue weighted by Gasteiger charge is -2.44. The Balaban J connectivity index is 0.00000126. The fourth-order valence-electron chi connectivity index (χ4n) is 5.45. The van der Waals surface area contributed by atoms with Crippen molar-refractivity contribution < 1.29 is 24.1 Å². The first-order valence-electron chi connectivity index (χ1n) is 11.3. The lowest BCUT2D eigenvalue weighted by molar-refractivity contribution is 0.0113. The molecule has 0 aromatic heterocycles. The summed E-state index contributed by atoms with van der Waals surface area (Å²) in [5.41, 5.74) is 3.18. The van der Waals surface area contributed by atoms with Crippen molar-refractivity contribution in [3.8, 4) is 23.0 Å². The first kappa shape index (κ1) is 23.0. The average molecular weight is 449 g/mol. The van der Waals surface area contributed by atoms with Crippen LogP contribution in [0, 0.1) is 0 Å². The van der Waals surface area contributed by atoms with E-state index in [2.05, 4.69) is 42.5 Å². The highest BCUT2D eigenvalue weighted by Crippen LogP contribution is 2.60. The predicted octanol–water partition coefficient (Wildman–Crippen LogP) is 5.66. The molecule has 3 aromatic rings. The zero-order valence-corrected chi connectivity index (χ0v) is 19.7. The van der Waals surface area contributed by atoms with Crippen molar-refractivity contribution in [3.63, 3.8) is 0 Å². The van der Waals surface area contributed by atoms with Gasteiger partial charge in [-0.2, -0.15) is 0 Å². The monoisotopic (exact) mass is 448 g/mol. The number of aliphatic hydroxyl groups is 1. The van der Waals surface area contributed by atoms with Crippen LogP contribution in [0.15, 0.2) is 66.7 Å². The second-order valence-electron chi connectivity index (χ2n) is 8.40. The van der Waals surface area contributed by atoms with E-state index in [1.807, 2.05) is 24.3 Å². The Kier molecular flexibility index (Phi) is 6.80. The van der Waals surface area contributed by atoms with E-state index in [0.29, 0.717) is 5.92 Å². The van der Waals surface area contributed by atoms with E-state index >= 15 is 0 Å². The first-order chi connectivity index (χ1) is 16.2. The van der Waals surface area contributed by atoms with Crippen molar-refractivity contribution in [2.45, 2.75) is 36.7 Å². The topological polar surface area (TPSA) is 57.2 Å². The van der Waals surface area contributed by atoms with Gasteiger partial charge in [0.15, 0.2) is 0 Å². The van der Waals surface area contributed by atoms with Gasteiger partial charge in [-0.3, -0.25) is 0 Å². The van der Waals surface area contributed by atoms with Gasteiger partial charge in [0.05, 0.1) is 21.3 Å². The zero-order chi connectivity index (χ0) is 23.4. The molecule has 0 saturated heterocycles. The smallest absolute Gasteiger partial charge is 0.141 e. The molecule has 3 aromatic carbocycles. The van der Waals surface area contributed by atoms with Crippen molar-refractivity contribution in [1.29, 1.82) is 0 Å². The molecule has 0 amide bonds. The number of rotatable bonds is 5. The SMILES string of the molecule is CO.COc1ccc(C23CC[C@@H](CC2c2ccccc2)c2c(OC)cc(OC)cc2O3)cc1. The number of aliphatic hydroxyl groups excluding tert-OH is 1.